The highest BCUT2D eigenvalue weighted by Gasteiger charge is 2.65. The van der Waals surface area contributed by atoms with E-state index in [9.17, 15) is 14.4 Å². The molecule has 7 heteroatoms. The number of rotatable bonds is 3. The summed E-state index contributed by atoms with van der Waals surface area (Å²) in [5, 5.41) is 6.68. The van der Waals surface area contributed by atoms with Gasteiger partial charge in [-0.3, -0.25) is 14.4 Å². The predicted octanol–water partition coefficient (Wildman–Crippen LogP) is 2.14. The minimum absolute atomic E-state index is 0.00735. The van der Waals surface area contributed by atoms with Gasteiger partial charge in [0, 0.05) is 36.3 Å². The summed E-state index contributed by atoms with van der Waals surface area (Å²) in [5.74, 6) is -0.213. The average molecular weight is 388 g/mol. The number of nitrogens with zero attached hydrogens (tertiary/aromatic N) is 1. The molecule has 2 saturated carbocycles. The number of aromatic amines is 1. The standard InChI is InChI=1S/C22H20N4O3/c1-26-10-13(15-9-22(15)14-4-2-3-5-16(14)25-21(22)29)12-8-17(24-18(12)20(26)28)19(27)23-11-6-7-11/h2-5,8,10-11,15,24H,6-7,9H2,1H3,(H,23,27)(H,25,29)/t15-,22-/m0/s1. The van der Waals surface area contributed by atoms with E-state index in [1.807, 2.05) is 30.5 Å². The molecular weight excluding hydrogens is 368 g/mol. The van der Waals surface area contributed by atoms with E-state index in [1.54, 1.807) is 13.1 Å². The van der Waals surface area contributed by atoms with Crippen LogP contribution >= 0.6 is 0 Å². The summed E-state index contributed by atoms with van der Waals surface area (Å²) in [7, 11) is 1.70. The topological polar surface area (TPSA) is 96.0 Å². The van der Waals surface area contributed by atoms with Crippen molar-refractivity contribution in [3.8, 4) is 0 Å². The Hall–Kier alpha value is -3.35. The van der Waals surface area contributed by atoms with Crippen molar-refractivity contribution in [2.75, 3.05) is 5.32 Å². The summed E-state index contributed by atoms with van der Waals surface area (Å²) in [5.41, 5.74) is 2.84. The Morgan fingerprint density at radius 2 is 2.03 bits per heavy atom. The van der Waals surface area contributed by atoms with Crippen molar-refractivity contribution in [1.82, 2.24) is 14.9 Å². The Morgan fingerprint density at radius 1 is 1.24 bits per heavy atom. The minimum Gasteiger partial charge on any atom is -0.348 e. The van der Waals surface area contributed by atoms with E-state index >= 15 is 0 Å². The summed E-state index contributed by atoms with van der Waals surface area (Å²) in [6.45, 7) is 0. The van der Waals surface area contributed by atoms with Gasteiger partial charge in [-0.1, -0.05) is 18.2 Å². The molecule has 0 bridgehead atoms. The van der Waals surface area contributed by atoms with Crippen LogP contribution in [-0.2, 0) is 17.3 Å². The SMILES string of the molecule is Cn1cc([C@@H]2C[C@@]23C(=O)Nc2ccccc23)c2cc(C(=O)NC3CC3)[nH]c2c1=O. The Bertz CT molecular complexity index is 1280. The molecule has 1 aromatic carbocycles. The zero-order valence-corrected chi connectivity index (χ0v) is 15.9. The molecule has 0 radical (unpaired) electrons. The molecule has 2 aliphatic carbocycles. The number of nitrogens with one attached hydrogen (secondary N) is 3. The molecule has 3 N–H and O–H groups in total. The highest BCUT2D eigenvalue weighted by molar-refractivity contribution is 6.10. The maximum atomic E-state index is 12.9. The molecule has 29 heavy (non-hydrogen) atoms. The van der Waals surface area contributed by atoms with Gasteiger partial charge in [-0.25, -0.2) is 0 Å². The second-order valence-corrected chi connectivity index (χ2v) is 8.45. The highest BCUT2D eigenvalue weighted by Crippen LogP contribution is 2.65. The second kappa shape index (κ2) is 5.37. The fourth-order valence-corrected chi connectivity index (χ4v) is 4.78. The monoisotopic (exact) mass is 388 g/mol. The van der Waals surface area contributed by atoms with Crippen LogP contribution in [0.2, 0.25) is 0 Å². The van der Waals surface area contributed by atoms with Crippen molar-refractivity contribution in [2.24, 2.45) is 7.05 Å². The van der Waals surface area contributed by atoms with Gasteiger partial charge >= 0.3 is 0 Å². The number of H-pyrrole nitrogens is 1. The van der Waals surface area contributed by atoms with Crippen molar-refractivity contribution in [3.05, 3.63) is 63.7 Å². The van der Waals surface area contributed by atoms with Gasteiger partial charge in [0.25, 0.3) is 11.5 Å². The van der Waals surface area contributed by atoms with Crippen LogP contribution in [0.15, 0.2) is 41.3 Å². The Labute approximate surface area is 166 Å². The Balaban J connectivity index is 1.48. The number of para-hydroxylation sites is 1. The van der Waals surface area contributed by atoms with Crippen LogP contribution < -0.4 is 16.2 Å². The number of pyridine rings is 1. The fraction of sp³-hybridized carbons (Fsp3) is 0.318. The third-order valence-electron chi connectivity index (χ3n) is 6.55. The number of carbonyl (C=O) groups is 2. The summed E-state index contributed by atoms with van der Waals surface area (Å²) in [6.07, 6.45) is 4.50. The zero-order chi connectivity index (χ0) is 19.9. The number of amides is 2. The summed E-state index contributed by atoms with van der Waals surface area (Å²) < 4.78 is 1.53. The third-order valence-corrected chi connectivity index (χ3v) is 6.55. The van der Waals surface area contributed by atoms with Crippen LogP contribution in [0, 0.1) is 0 Å². The Morgan fingerprint density at radius 3 is 2.83 bits per heavy atom. The first-order chi connectivity index (χ1) is 14.0. The average Bonchev–Trinajstić information content (AvgIpc) is 3.59. The molecule has 2 aromatic heterocycles. The largest absolute Gasteiger partial charge is 0.348 e. The van der Waals surface area contributed by atoms with Gasteiger partial charge in [0.05, 0.1) is 5.41 Å². The minimum atomic E-state index is -0.589. The molecule has 1 aliphatic heterocycles. The van der Waals surface area contributed by atoms with Gasteiger partial charge in [-0.15, -0.1) is 0 Å². The predicted molar refractivity (Wildman–Crippen MR) is 108 cm³/mol. The molecule has 146 valence electrons. The number of benzene rings is 1. The van der Waals surface area contributed by atoms with E-state index in [4.69, 9.17) is 0 Å². The molecule has 3 aromatic rings. The van der Waals surface area contributed by atoms with Crippen molar-refractivity contribution in [2.45, 2.75) is 36.6 Å². The van der Waals surface area contributed by atoms with Gasteiger partial charge in [0.1, 0.15) is 11.2 Å². The molecule has 2 atom stereocenters. The number of anilines is 1. The molecule has 2 amide bonds. The molecule has 7 nitrogen and oxygen atoms in total. The van der Waals surface area contributed by atoms with Crippen LogP contribution in [-0.4, -0.2) is 27.4 Å². The third kappa shape index (κ3) is 2.21. The van der Waals surface area contributed by atoms with E-state index in [-0.39, 0.29) is 29.3 Å². The molecule has 0 unspecified atom stereocenters. The van der Waals surface area contributed by atoms with Crippen molar-refractivity contribution < 1.29 is 9.59 Å². The van der Waals surface area contributed by atoms with Crippen LogP contribution in [0.1, 0.15) is 46.8 Å². The van der Waals surface area contributed by atoms with Gasteiger partial charge < -0.3 is 20.2 Å². The quantitative estimate of drug-likeness (QED) is 0.641. The summed E-state index contributed by atoms with van der Waals surface area (Å²) in [4.78, 5) is 41.1. The van der Waals surface area contributed by atoms with Crippen LogP contribution in [0.3, 0.4) is 0 Å². The van der Waals surface area contributed by atoms with E-state index in [0.717, 1.165) is 35.0 Å². The first-order valence-electron chi connectivity index (χ1n) is 9.93. The van der Waals surface area contributed by atoms with Crippen molar-refractivity contribution in [3.63, 3.8) is 0 Å². The molecule has 2 fully saturated rings. The summed E-state index contributed by atoms with van der Waals surface area (Å²) in [6, 6.07) is 9.78. The lowest BCUT2D eigenvalue weighted by molar-refractivity contribution is -0.118. The van der Waals surface area contributed by atoms with Crippen LogP contribution in [0.25, 0.3) is 10.9 Å². The number of hydrogen-bond acceptors (Lipinski definition) is 3. The van der Waals surface area contributed by atoms with E-state index in [2.05, 4.69) is 15.6 Å². The van der Waals surface area contributed by atoms with Gasteiger partial charge in [-0.05, 0) is 42.5 Å². The maximum Gasteiger partial charge on any atom is 0.274 e. The van der Waals surface area contributed by atoms with Crippen molar-refractivity contribution >= 4 is 28.4 Å². The van der Waals surface area contributed by atoms with Crippen LogP contribution in [0.5, 0.6) is 0 Å². The summed E-state index contributed by atoms with van der Waals surface area (Å²) >= 11 is 0. The van der Waals surface area contributed by atoms with Gasteiger partial charge in [-0.2, -0.15) is 0 Å². The zero-order valence-electron chi connectivity index (χ0n) is 15.9. The fourth-order valence-electron chi connectivity index (χ4n) is 4.78. The number of hydrogen-bond donors (Lipinski definition) is 3. The lowest BCUT2D eigenvalue weighted by Crippen LogP contribution is -2.25. The number of carbonyl (C=O) groups excluding carboxylic acids is 2. The number of aryl methyl sites for hydroxylation is 1. The van der Waals surface area contributed by atoms with Gasteiger partial charge in [0.2, 0.25) is 5.91 Å². The van der Waals surface area contributed by atoms with Gasteiger partial charge in [0.15, 0.2) is 0 Å². The molecule has 1 spiro atoms. The number of fused-ring (bicyclic) bond motifs is 3. The smallest absolute Gasteiger partial charge is 0.274 e. The first-order valence-corrected chi connectivity index (χ1v) is 9.93. The van der Waals surface area contributed by atoms with E-state index < -0.39 is 5.41 Å². The molecular formula is C22H20N4O3. The first kappa shape index (κ1) is 16.6. The maximum absolute atomic E-state index is 12.9. The van der Waals surface area contributed by atoms with E-state index in [1.165, 1.54) is 4.57 Å². The molecule has 0 saturated heterocycles. The normalized spacial score (nSPS) is 24.6. The van der Waals surface area contributed by atoms with Crippen molar-refractivity contribution in [1.29, 1.82) is 0 Å². The lowest BCUT2D eigenvalue weighted by atomic mass is 9.91. The van der Waals surface area contributed by atoms with E-state index in [0.29, 0.717) is 17.6 Å². The van der Waals surface area contributed by atoms with Crippen LogP contribution in [0.4, 0.5) is 5.69 Å². The number of aromatic nitrogens is 2. The molecule has 3 aliphatic rings. The lowest BCUT2D eigenvalue weighted by Gasteiger charge is -2.11. The molecule has 3 heterocycles. The molecule has 6 rings (SSSR count). The Kier molecular flexibility index (Phi) is 3.07. The second-order valence-electron chi connectivity index (χ2n) is 8.45. The highest BCUT2D eigenvalue weighted by atomic mass is 16.2.